The highest BCUT2D eigenvalue weighted by Gasteiger charge is 2.06. The van der Waals surface area contributed by atoms with Crippen LogP contribution in [0.5, 0.6) is 0 Å². The molecule has 0 saturated heterocycles. The Morgan fingerprint density at radius 2 is 2.15 bits per heavy atom. The largest absolute Gasteiger partial charge is 0.370 e. The molecular formula is C13H19N5S2. The summed E-state index contributed by atoms with van der Waals surface area (Å²) in [5.74, 6) is 1.80. The lowest BCUT2D eigenvalue weighted by Gasteiger charge is -2.04. The fourth-order valence-electron chi connectivity index (χ4n) is 1.45. The van der Waals surface area contributed by atoms with Crippen LogP contribution in [0.25, 0.3) is 0 Å². The first-order chi connectivity index (χ1) is 9.69. The smallest absolute Gasteiger partial charge is 0.208 e. The van der Waals surface area contributed by atoms with Gasteiger partial charge >= 0.3 is 0 Å². The Balaban J connectivity index is 1.86. The molecule has 20 heavy (non-hydrogen) atoms. The topological polar surface area (TPSA) is 53.9 Å². The van der Waals surface area contributed by atoms with E-state index in [4.69, 9.17) is 0 Å². The molecule has 1 N–H and O–H groups in total. The monoisotopic (exact) mass is 309 g/mol. The molecule has 0 amide bonds. The minimum atomic E-state index is 0.864. The standard InChI is InChI=1S/C13H19N5S2/c1-4-7-14-11-6-5-10(8-15-11)9-19-13-17-16-12(20-13)18(2)3/h5-6,8H,4,7,9H2,1-3H3,(H,14,15). The first kappa shape index (κ1) is 15.1. The summed E-state index contributed by atoms with van der Waals surface area (Å²) in [5, 5.41) is 12.5. The number of rotatable bonds is 7. The summed E-state index contributed by atoms with van der Waals surface area (Å²) in [7, 11) is 3.95. The summed E-state index contributed by atoms with van der Waals surface area (Å²) in [5.41, 5.74) is 1.19. The SMILES string of the molecule is CCCNc1ccc(CSc2nnc(N(C)C)s2)cn1. The Kier molecular flexibility index (Phi) is 5.60. The molecule has 2 rings (SSSR count). The normalized spacial score (nSPS) is 10.6. The van der Waals surface area contributed by atoms with E-state index in [1.165, 1.54) is 5.56 Å². The van der Waals surface area contributed by atoms with Crippen LogP contribution in [-0.2, 0) is 5.75 Å². The van der Waals surface area contributed by atoms with E-state index in [1.54, 1.807) is 23.1 Å². The Morgan fingerprint density at radius 3 is 2.75 bits per heavy atom. The van der Waals surface area contributed by atoms with Crippen molar-refractivity contribution in [3.63, 3.8) is 0 Å². The molecule has 108 valence electrons. The molecule has 0 aliphatic heterocycles. The number of thioether (sulfide) groups is 1. The van der Waals surface area contributed by atoms with Gasteiger partial charge in [-0.2, -0.15) is 0 Å². The third-order valence-electron chi connectivity index (χ3n) is 2.52. The number of pyridine rings is 1. The van der Waals surface area contributed by atoms with Crippen molar-refractivity contribution in [2.75, 3.05) is 30.9 Å². The summed E-state index contributed by atoms with van der Waals surface area (Å²) in [4.78, 5) is 6.37. The maximum absolute atomic E-state index is 4.40. The minimum Gasteiger partial charge on any atom is -0.370 e. The molecule has 7 heteroatoms. The van der Waals surface area contributed by atoms with Crippen molar-refractivity contribution in [1.82, 2.24) is 15.2 Å². The van der Waals surface area contributed by atoms with Crippen molar-refractivity contribution in [3.05, 3.63) is 23.9 Å². The molecule has 0 aliphatic carbocycles. The van der Waals surface area contributed by atoms with Crippen LogP contribution >= 0.6 is 23.1 Å². The summed E-state index contributed by atoms with van der Waals surface area (Å²) >= 11 is 3.30. The summed E-state index contributed by atoms with van der Waals surface area (Å²) in [6, 6.07) is 4.13. The van der Waals surface area contributed by atoms with Crippen LogP contribution in [0.1, 0.15) is 18.9 Å². The van der Waals surface area contributed by atoms with E-state index in [0.29, 0.717) is 0 Å². The summed E-state index contributed by atoms with van der Waals surface area (Å²) < 4.78 is 0.988. The van der Waals surface area contributed by atoms with Gasteiger partial charge in [-0.15, -0.1) is 10.2 Å². The highest BCUT2D eigenvalue weighted by Crippen LogP contribution is 2.29. The summed E-state index contributed by atoms with van der Waals surface area (Å²) in [6.45, 7) is 3.10. The Bertz CT molecular complexity index is 524. The molecule has 2 aromatic heterocycles. The Labute approximate surface area is 127 Å². The van der Waals surface area contributed by atoms with Crippen LogP contribution in [0, 0.1) is 0 Å². The van der Waals surface area contributed by atoms with E-state index in [9.17, 15) is 0 Å². The van der Waals surface area contributed by atoms with Gasteiger partial charge in [-0.3, -0.25) is 0 Å². The van der Waals surface area contributed by atoms with E-state index >= 15 is 0 Å². The molecule has 2 aromatic rings. The van der Waals surface area contributed by atoms with Gasteiger partial charge in [0.25, 0.3) is 0 Å². The second-order valence-corrected chi connectivity index (χ2v) is 6.69. The van der Waals surface area contributed by atoms with Gasteiger partial charge in [0.05, 0.1) is 0 Å². The molecular weight excluding hydrogens is 290 g/mol. The molecule has 0 fully saturated rings. The average Bonchev–Trinajstić information content (AvgIpc) is 2.93. The number of nitrogens with zero attached hydrogens (tertiary/aromatic N) is 4. The predicted octanol–water partition coefficient (Wildman–Crippen LogP) is 3.11. The van der Waals surface area contributed by atoms with E-state index in [-0.39, 0.29) is 0 Å². The van der Waals surface area contributed by atoms with Crippen molar-refractivity contribution in [2.45, 2.75) is 23.4 Å². The molecule has 0 aromatic carbocycles. The van der Waals surface area contributed by atoms with Gasteiger partial charge in [-0.1, -0.05) is 36.1 Å². The average molecular weight is 309 g/mol. The molecule has 0 saturated carbocycles. The third-order valence-corrected chi connectivity index (χ3v) is 4.82. The zero-order valence-electron chi connectivity index (χ0n) is 12.0. The number of hydrogen-bond acceptors (Lipinski definition) is 7. The quantitative estimate of drug-likeness (QED) is 0.793. The van der Waals surface area contributed by atoms with Crippen LogP contribution in [0.15, 0.2) is 22.7 Å². The molecule has 0 radical (unpaired) electrons. The Hall–Kier alpha value is -1.34. The third kappa shape index (κ3) is 4.35. The molecule has 0 bridgehead atoms. The van der Waals surface area contributed by atoms with Gasteiger partial charge < -0.3 is 10.2 Å². The van der Waals surface area contributed by atoms with Gasteiger partial charge in [-0.25, -0.2) is 4.98 Å². The van der Waals surface area contributed by atoms with Crippen LogP contribution in [-0.4, -0.2) is 35.8 Å². The highest BCUT2D eigenvalue weighted by atomic mass is 32.2. The van der Waals surface area contributed by atoms with Crippen molar-refractivity contribution < 1.29 is 0 Å². The van der Waals surface area contributed by atoms with Crippen molar-refractivity contribution in [2.24, 2.45) is 0 Å². The molecule has 0 aliphatic rings. The van der Waals surface area contributed by atoms with Gasteiger partial charge in [0.1, 0.15) is 5.82 Å². The van der Waals surface area contributed by atoms with E-state index in [1.807, 2.05) is 31.3 Å². The maximum atomic E-state index is 4.40. The number of hydrogen-bond donors (Lipinski definition) is 1. The fourth-order valence-corrected chi connectivity index (χ4v) is 3.15. The first-order valence-corrected chi connectivity index (χ1v) is 8.31. The maximum Gasteiger partial charge on any atom is 0.208 e. The van der Waals surface area contributed by atoms with Gasteiger partial charge in [0, 0.05) is 32.6 Å². The molecule has 0 atom stereocenters. The lowest BCUT2D eigenvalue weighted by Crippen LogP contribution is -2.07. The van der Waals surface area contributed by atoms with Crippen molar-refractivity contribution in [3.8, 4) is 0 Å². The minimum absolute atomic E-state index is 0.864. The van der Waals surface area contributed by atoms with Crippen LogP contribution in [0.2, 0.25) is 0 Å². The molecule has 0 spiro atoms. The van der Waals surface area contributed by atoms with Crippen LogP contribution < -0.4 is 10.2 Å². The van der Waals surface area contributed by atoms with Crippen LogP contribution in [0.3, 0.4) is 0 Å². The Morgan fingerprint density at radius 1 is 1.30 bits per heavy atom. The van der Waals surface area contributed by atoms with E-state index < -0.39 is 0 Å². The van der Waals surface area contributed by atoms with E-state index in [2.05, 4.69) is 33.5 Å². The van der Waals surface area contributed by atoms with Crippen molar-refractivity contribution in [1.29, 1.82) is 0 Å². The zero-order valence-corrected chi connectivity index (χ0v) is 13.6. The first-order valence-electron chi connectivity index (χ1n) is 6.51. The number of aromatic nitrogens is 3. The second-order valence-electron chi connectivity index (χ2n) is 4.51. The predicted molar refractivity (Wildman–Crippen MR) is 86.8 cm³/mol. The number of nitrogens with one attached hydrogen (secondary N) is 1. The van der Waals surface area contributed by atoms with Gasteiger partial charge in [-0.05, 0) is 18.1 Å². The van der Waals surface area contributed by atoms with Crippen LogP contribution in [0.4, 0.5) is 10.9 Å². The summed E-state index contributed by atoms with van der Waals surface area (Å²) in [6.07, 6.45) is 3.02. The van der Waals surface area contributed by atoms with Crippen molar-refractivity contribution >= 4 is 34.0 Å². The highest BCUT2D eigenvalue weighted by molar-refractivity contribution is 8.00. The zero-order chi connectivity index (χ0) is 14.4. The molecule has 2 heterocycles. The lowest BCUT2D eigenvalue weighted by molar-refractivity contribution is 0.967. The fraction of sp³-hybridized carbons (Fsp3) is 0.462. The van der Waals surface area contributed by atoms with Gasteiger partial charge in [0.15, 0.2) is 4.34 Å². The second kappa shape index (κ2) is 7.44. The molecule has 5 nitrogen and oxygen atoms in total. The van der Waals surface area contributed by atoms with E-state index in [0.717, 1.165) is 34.0 Å². The number of anilines is 2. The lowest BCUT2D eigenvalue weighted by atomic mass is 10.3. The van der Waals surface area contributed by atoms with Gasteiger partial charge in [0.2, 0.25) is 5.13 Å². The molecule has 0 unspecified atom stereocenters.